The molecule has 68 valence electrons. The number of nitrogens with zero attached hydrogens (tertiary/aromatic N) is 1. The van der Waals surface area contributed by atoms with E-state index < -0.39 is 11.3 Å². The normalized spacial score (nSPS) is 33.9. The summed E-state index contributed by atoms with van der Waals surface area (Å²) >= 11 is 0. The quantitative estimate of drug-likeness (QED) is 0.704. The van der Waals surface area contributed by atoms with Gasteiger partial charge < -0.3 is 5.32 Å². The topological polar surface area (TPSA) is 35.8 Å². The van der Waals surface area contributed by atoms with Gasteiger partial charge in [0, 0.05) is 18.4 Å². The molecule has 0 aromatic carbocycles. The van der Waals surface area contributed by atoms with Gasteiger partial charge in [0.05, 0.1) is 12.1 Å². The van der Waals surface area contributed by atoms with Crippen LogP contribution in [0.4, 0.5) is 8.78 Å². The van der Waals surface area contributed by atoms with Crippen molar-refractivity contribution in [2.75, 3.05) is 6.54 Å². The van der Waals surface area contributed by atoms with Crippen molar-refractivity contribution in [1.29, 1.82) is 5.26 Å². The van der Waals surface area contributed by atoms with Crippen molar-refractivity contribution in [3.63, 3.8) is 0 Å². The average Bonchev–Trinajstić information content (AvgIpc) is 2.47. The summed E-state index contributed by atoms with van der Waals surface area (Å²) < 4.78 is 25.2. The number of hydrogen-bond donors (Lipinski definition) is 1. The van der Waals surface area contributed by atoms with Crippen LogP contribution in [-0.2, 0) is 0 Å². The Morgan fingerprint density at radius 2 is 2.17 bits per heavy atom. The first-order valence-corrected chi connectivity index (χ1v) is 3.92. The maximum absolute atomic E-state index is 12.6. The number of rotatable bonds is 3. The first-order valence-electron chi connectivity index (χ1n) is 3.92. The summed E-state index contributed by atoms with van der Waals surface area (Å²) in [5, 5.41) is 11.1. The highest BCUT2D eigenvalue weighted by molar-refractivity contribution is 5.09. The van der Waals surface area contributed by atoms with Crippen LogP contribution in [0, 0.1) is 16.7 Å². The van der Waals surface area contributed by atoms with E-state index in [2.05, 4.69) is 5.32 Å². The Bertz CT molecular complexity index is 222. The zero-order chi connectivity index (χ0) is 9.41. The van der Waals surface area contributed by atoms with Gasteiger partial charge in [-0.05, 0) is 6.92 Å². The van der Waals surface area contributed by atoms with Crippen LogP contribution < -0.4 is 5.32 Å². The molecule has 0 heterocycles. The number of nitriles is 1. The minimum Gasteiger partial charge on any atom is -0.301 e. The lowest BCUT2D eigenvalue weighted by molar-refractivity contribution is 0.0695. The molecule has 1 aliphatic carbocycles. The largest absolute Gasteiger partial charge is 0.301 e. The van der Waals surface area contributed by atoms with E-state index >= 15 is 0 Å². The molecule has 0 radical (unpaired) electrons. The van der Waals surface area contributed by atoms with Crippen molar-refractivity contribution in [2.24, 2.45) is 5.41 Å². The zero-order valence-corrected chi connectivity index (χ0v) is 7.19. The van der Waals surface area contributed by atoms with Gasteiger partial charge >= 0.3 is 0 Å². The van der Waals surface area contributed by atoms with E-state index in [4.69, 9.17) is 5.26 Å². The Hall–Kier alpha value is -0.690. The van der Waals surface area contributed by atoms with Crippen molar-refractivity contribution in [3.05, 3.63) is 0 Å². The predicted molar refractivity (Wildman–Crippen MR) is 40.7 cm³/mol. The summed E-state index contributed by atoms with van der Waals surface area (Å²) in [5.41, 5.74) is -0.919. The molecule has 1 saturated carbocycles. The third kappa shape index (κ3) is 1.56. The van der Waals surface area contributed by atoms with Crippen LogP contribution in [0.2, 0.25) is 0 Å². The maximum Gasteiger partial charge on any atom is 0.255 e. The standard InChI is InChI=1S/C8H12F2N2/c1-6(3-11)12-5-7(2)4-8(7,9)10/h6,12H,4-5H2,1-2H3. The molecule has 2 unspecified atom stereocenters. The van der Waals surface area contributed by atoms with Crippen LogP contribution in [0.5, 0.6) is 0 Å². The second kappa shape index (κ2) is 2.67. The summed E-state index contributed by atoms with van der Waals surface area (Å²) in [6, 6.07) is 1.59. The molecule has 2 atom stereocenters. The molecule has 12 heavy (non-hydrogen) atoms. The van der Waals surface area contributed by atoms with E-state index in [-0.39, 0.29) is 19.0 Å². The van der Waals surface area contributed by atoms with Gasteiger partial charge in [-0.15, -0.1) is 0 Å². The van der Waals surface area contributed by atoms with E-state index in [1.165, 1.54) is 6.92 Å². The number of alkyl halides is 2. The van der Waals surface area contributed by atoms with Crippen molar-refractivity contribution in [1.82, 2.24) is 5.32 Å². The molecule has 1 fully saturated rings. The van der Waals surface area contributed by atoms with E-state index in [1.54, 1.807) is 6.92 Å². The molecule has 1 N–H and O–H groups in total. The molecule has 0 amide bonds. The van der Waals surface area contributed by atoms with Gasteiger partial charge in [0.2, 0.25) is 0 Å². The van der Waals surface area contributed by atoms with Gasteiger partial charge in [0.15, 0.2) is 0 Å². The summed E-state index contributed by atoms with van der Waals surface area (Å²) in [6.45, 7) is 3.41. The fourth-order valence-corrected chi connectivity index (χ4v) is 1.06. The summed E-state index contributed by atoms with van der Waals surface area (Å²) in [6.07, 6.45) is -0.0643. The predicted octanol–water partition coefficient (Wildman–Crippen LogP) is 1.53. The molecule has 0 aliphatic heterocycles. The number of hydrogen-bond acceptors (Lipinski definition) is 2. The van der Waals surface area contributed by atoms with Gasteiger partial charge in [-0.1, -0.05) is 6.92 Å². The Morgan fingerprint density at radius 3 is 2.50 bits per heavy atom. The lowest BCUT2D eigenvalue weighted by Gasteiger charge is -2.12. The smallest absolute Gasteiger partial charge is 0.255 e. The lowest BCUT2D eigenvalue weighted by Crippen LogP contribution is -2.32. The Balaban J connectivity index is 2.32. The minimum absolute atomic E-state index is 0.0643. The van der Waals surface area contributed by atoms with Crippen LogP contribution >= 0.6 is 0 Å². The molecule has 0 aromatic heterocycles. The highest BCUT2D eigenvalue weighted by Crippen LogP contribution is 2.59. The fourth-order valence-electron chi connectivity index (χ4n) is 1.06. The fraction of sp³-hybridized carbons (Fsp3) is 0.875. The second-order valence-corrected chi connectivity index (χ2v) is 3.67. The number of nitrogens with one attached hydrogen (secondary N) is 1. The van der Waals surface area contributed by atoms with E-state index in [1.807, 2.05) is 6.07 Å². The van der Waals surface area contributed by atoms with E-state index in [0.29, 0.717) is 0 Å². The van der Waals surface area contributed by atoms with Crippen LogP contribution in [0.15, 0.2) is 0 Å². The van der Waals surface area contributed by atoms with Crippen molar-refractivity contribution in [2.45, 2.75) is 32.2 Å². The molecular formula is C8H12F2N2. The van der Waals surface area contributed by atoms with Gasteiger partial charge in [0.25, 0.3) is 5.92 Å². The van der Waals surface area contributed by atoms with Gasteiger partial charge in [-0.25, -0.2) is 8.78 Å². The molecule has 1 rings (SSSR count). The maximum atomic E-state index is 12.6. The average molecular weight is 174 g/mol. The second-order valence-electron chi connectivity index (χ2n) is 3.67. The summed E-state index contributed by atoms with van der Waals surface area (Å²) in [4.78, 5) is 0. The van der Waals surface area contributed by atoms with Gasteiger partial charge in [-0.2, -0.15) is 5.26 Å². The van der Waals surface area contributed by atoms with Crippen molar-refractivity contribution < 1.29 is 8.78 Å². The lowest BCUT2D eigenvalue weighted by atomic mass is 10.1. The van der Waals surface area contributed by atoms with Crippen LogP contribution in [0.25, 0.3) is 0 Å². The molecular weight excluding hydrogens is 162 g/mol. The summed E-state index contributed by atoms with van der Waals surface area (Å²) in [5.74, 6) is -2.53. The molecule has 4 heteroatoms. The molecule has 0 aromatic rings. The molecule has 0 spiro atoms. The SMILES string of the molecule is CC(C#N)NCC1(C)CC1(F)F. The van der Waals surface area contributed by atoms with Crippen LogP contribution in [0.3, 0.4) is 0 Å². The Labute approximate surface area is 70.6 Å². The first kappa shape index (κ1) is 9.40. The van der Waals surface area contributed by atoms with Gasteiger partial charge in [-0.3, -0.25) is 0 Å². The molecule has 2 nitrogen and oxygen atoms in total. The van der Waals surface area contributed by atoms with E-state index in [0.717, 1.165) is 0 Å². The monoisotopic (exact) mass is 174 g/mol. The molecule has 1 aliphatic rings. The van der Waals surface area contributed by atoms with Crippen LogP contribution in [0.1, 0.15) is 20.3 Å². The molecule has 0 saturated heterocycles. The van der Waals surface area contributed by atoms with E-state index in [9.17, 15) is 8.78 Å². The third-order valence-corrected chi connectivity index (χ3v) is 2.36. The number of halogens is 2. The van der Waals surface area contributed by atoms with Crippen molar-refractivity contribution in [3.8, 4) is 6.07 Å². The third-order valence-electron chi connectivity index (χ3n) is 2.36. The zero-order valence-electron chi connectivity index (χ0n) is 7.19. The Kier molecular flexibility index (Phi) is 2.09. The van der Waals surface area contributed by atoms with Gasteiger partial charge in [0.1, 0.15) is 0 Å². The highest BCUT2D eigenvalue weighted by atomic mass is 19.3. The Morgan fingerprint density at radius 1 is 1.67 bits per heavy atom. The van der Waals surface area contributed by atoms with Crippen LogP contribution in [-0.4, -0.2) is 18.5 Å². The first-order chi connectivity index (χ1) is 5.41. The van der Waals surface area contributed by atoms with Crippen molar-refractivity contribution >= 4 is 0 Å². The highest BCUT2D eigenvalue weighted by Gasteiger charge is 2.67. The minimum atomic E-state index is -2.53. The molecule has 0 bridgehead atoms. The summed E-state index contributed by atoms with van der Waals surface area (Å²) in [7, 11) is 0.